The summed E-state index contributed by atoms with van der Waals surface area (Å²) in [5.74, 6) is -0.157. The van der Waals surface area contributed by atoms with Gasteiger partial charge in [-0.15, -0.1) is 11.8 Å². The van der Waals surface area contributed by atoms with Gasteiger partial charge in [0.05, 0.1) is 17.8 Å². The number of nitrogens with one attached hydrogen (secondary N) is 1. The number of hydrogen-bond donors (Lipinski definition) is 2. The molecule has 1 fully saturated rings. The van der Waals surface area contributed by atoms with E-state index in [-0.39, 0.29) is 0 Å². The maximum absolute atomic E-state index is 11.8. The zero-order valence-electron chi connectivity index (χ0n) is 9.16. The minimum Gasteiger partial charge on any atom is -0.480 e. The van der Waals surface area contributed by atoms with Gasteiger partial charge in [0.2, 0.25) is 0 Å². The van der Waals surface area contributed by atoms with Crippen LogP contribution in [-0.4, -0.2) is 49.5 Å². The number of aryl methyl sites for hydroxylation is 1. The number of aliphatic carboxylic acids is 1. The Bertz CT molecular complexity index is 447. The van der Waals surface area contributed by atoms with Gasteiger partial charge >= 0.3 is 12.0 Å². The largest absolute Gasteiger partial charge is 0.480 e. The van der Waals surface area contributed by atoms with Gasteiger partial charge in [-0.25, -0.2) is 9.59 Å². The van der Waals surface area contributed by atoms with Crippen LogP contribution in [0.15, 0.2) is 12.4 Å². The molecule has 0 aromatic carbocycles. The van der Waals surface area contributed by atoms with Crippen LogP contribution in [0.4, 0.5) is 10.5 Å². The van der Waals surface area contributed by atoms with E-state index in [0.717, 1.165) is 0 Å². The average Bonchev–Trinajstić information content (AvgIpc) is 2.86. The quantitative estimate of drug-likeness (QED) is 0.800. The van der Waals surface area contributed by atoms with Crippen molar-refractivity contribution in [3.8, 4) is 0 Å². The lowest BCUT2D eigenvalue weighted by Crippen LogP contribution is -2.43. The topological polar surface area (TPSA) is 87.5 Å². The molecule has 0 bridgehead atoms. The van der Waals surface area contributed by atoms with Crippen molar-refractivity contribution < 1.29 is 14.7 Å². The first kappa shape index (κ1) is 11.8. The van der Waals surface area contributed by atoms with E-state index in [2.05, 4.69) is 10.4 Å². The van der Waals surface area contributed by atoms with Gasteiger partial charge in [-0.1, -0.05) is 0 Å². The fourth-order valence-electron chi connectivity index (χ4n) is 1.53. The van der Waals surface area contributed by atoms with Crippen molar-refractivity contribution in [2.45, 2.75) is 6.04 Å². The Hall–Kier alpha value is -1.70. The molecule has 1 aromatic heterocycles. The fraction of sp³-hybridized carbons (Fsp3) is 0.444. The lowest BCUT2D eigenvalue weighted by atomic mass is 10.3. The molecule has 0 radical (unpaired) electrons. The van der Waals surface area contributed by atoms with E-state index >= 15 is 0 Å². The molecule has 2 amide bonds. The minimum atomic E-state index is -0.976. The van der Waals surface area contributed by atoms with Crippen LogP contribution in [0, 0.1) is 0 Å². The van der Waals surface area contributed by atoms with Crippen molar-refractivity contribution in [1.82, 2.24) is 14.7 Å². The molecule has 0 aliphatic carbocycles. The second-order valence-corrected chi connectivity index (χ2v) is 4.66. The van der Waals surface area contributed by atoms with Crippen molar-refractivity contribution in [2.24, 2.45) is 7.05 Å². The number of urea groups is 1. The van der Waals surface area contributed by atoms with Crippen molar-refractivity contribution in [1.29, 1.82) is 0 Å². The molecule has 17 heavy (non-hydrogen) atoms. The van der Waals surface area contributed by atoms with Gasteiger partial charge in [0.15, 0.2) is 0 Å². The number of anilines is 1. The van der Waals surface area contributed by atoms with Crippen molar-refractivity contribution in [3.63, 3.8) is 0 Å². The molecule has 92 valence electrons. The van der Waals surface area contributed by atoms with Gasteiger partial charge < -0.3 is 15.3 Å². The lowest BCUT2D eigenvalue weighted by molar-refractivity contribution is -0.140. The van der Waals surface area contributed by atoms with E-state index in [1.54, 1.807) is 17.9 Å². The van der Waals surface area contributed by atoms with Crippen LogP contribution in [-0.2, 0) is 11.8 Å². The number of amides is 2. The molecule has 2 N–H and O–H groups in total. The Balaban J connectivity index is 2.02. The van der Waals surface area contributed by atoms with E-state index in [4.69, 9.17) is 5.11 Å². The summed E-state index contributed by atoms with van der Waals surface area (Å²) in [5, 5.41) is 15.5. The highest BCUT2D eigenvalue weighted by molar-refractivity contribution is 7.99. The summed E-state index contributed by atoms with van der Waals surface area (Å²) in [6.07, 6.45) is 3.16. The van der Waals surface area contributed by atoms with Crippen molar-refractivity contribution >= 4 is 29.4 Å². The number of nitrogens with zero attached hydrogens (tertiary/aromatic N) is 3. The predicted molar refractivity (Wildman–Crippen MR) is 62.8 cm³/mol. The zero-order valence-corrected chi connectivity index (χ0v) is 9.98. The molecule has 1 aromatic rings. The summed E-state index contributed by atoms with van der Waals surface area (Å²) in [6, 6.07) is -1.16. The number of rotatable bonds is 2. The van der Waals surface area contributed by atoms with Gasteiger partial charge in [-0.3, -0.25) is 4.68 Å². The first-order chi connectivity index (χ1) is 8.08. The van der Waals surface area contributed by atoms with Gasteiger partial charge in [0.1, 0.15) is 6.04 Å². The summed E-state index contributed by atoms with van der Waals surface area (Å²) in [5.41, 5.74) is 0.554. The summed E-state index contributed by atoms with van der Waals surface area (Å²) in [6.45, 7) is 0. The molecule has 2 rings (SSSR count). The van der Waals surface area contributed by atoms with Gasteiger partial charge in [-0.2, -0.15) is 5.10 Å². The van der Waals surface area contributed by atoms with Crippen LogP contribution in [0.1, 0.15) is 0 Å². The molecular weight excluding hydrogens is 244 g/mol. The van der Waals surface area contributed by atoms with Crippen LogP contribution in [0.25, 0.3) is 0 Å². The van der Waals surface area contributed by atoms with Crippen molar-refractivity contribution in [3.05, 3.63) is 12.4 Å². The molecule has 2 heterocycles. The number of thioether (sulfide) groups is 1. The second kappa shape index (κ2) is 4.66. The first-order valence-electron chi connectivity index (χ1n) is 4.95. The molecule has 1 unspecified atom stereocenters. The van der Waals surface area contributed by atoms with Crippen molar-refractivity contribution in [2.75, 3.05) is 16.9 Å². The van der Waals surface area contributed by atoms with E-state index in [9.17, 15) is 9.59 Å². The third-order valence-electron chi connectivity index (χ3n) is 2.38. The molecule has 7 nitrogen and oxygen atoms in total. The summed E-state index contributed by atoms with van der Waals surface area (Å²) < 4.78 is 1.56. The minimum absolute atomic E-state index is 0.392. The van der Waals surface area contributed by atoms with Gasteiger partial charge in [-0.05, 0) is 0 Å². The monoisotopic (exact) mass is 256 g/mol. The van der Waals surface area contributed by atoms with E-state index in [0.29, 0.717) is 17.3 Å². The molecule has 1 aliphatic heterocycles. The highest BCUT2D eigenvalue weighted by Gasteiger charge is 2.34. The smallest absolute Gasteiger partial charge is 0.327 e. The summed E-state index contributed by atoms with van der Waals surface area (Å²) in [7, 11) is 1.74. The zero-order chi connectivity index (χ0) is 12.4. The van der Waals surface area contributed by atoms with E-state index in [1.807, 2.05) is 0 Å². The average molecular weight is 256 g/mol. The van der Waals surface area contributed by atoms with Gasteiger partial charge in [0, 0.05) is 19.0 Å². The standard InChI is InChI=1S/C9H12N4O3S/c1-12-3-6(2-10-12)11-9(16)13-5-17-4-7(13)8(14)15/h2-3,7H,4-5H2,1H3,(H,11,16)(H,14,15). The van der Waals surface area contributed by atoms with Crippen LogP contribution >= 0.6 is 11.8 Å². The molecule has 0 saturated carbocycles. The number of aromatic nitrogens is 2. The molecule has 8 heteroatoms. The van der Waals surface area contributed by atoms with Crippen LogP contribution in [0.5, 0.6) is 0 Å². The molecule has 1 aliphatic rings. The maximum atomic E-state index is 11.8. The number of carboxylic acids is 1. The highest BCUT2D eigenvalue weighted by Crippen LogP contribution is 2.22. The normalized spacial score (nSPS) is 19.4. The highest BCUT2D eigenvalue weighted by atomic mass is 32.2. The molecule has 1 atom stereocenters. The Morgan fingerprint density at radius 1 is 1.65 bits per heavy atom. The fourth-order valence-corrected chi connectivity index (χ4v) is 2.67. The predicted octanol–water partition coefficient (Wildman–Crippen LogP) is 0.411. The summed E-state index contributed by atoms with van der Waals surface area (Å²) >= 11 is 1.43. The number of hydrogen-bond acceptors (Lipinski definition) is 4. The number of carbonyl (C=O) groups is 2. The Kier molecular flexibility index (Phi) is 3.23. The first-order valence-corrected chi connectivity index (χ1v) is 6.10. The maximum Gasteiger partial charge on any atom is 0.327 e. The third kappa shape index (κ3) is 2.52. The lowest BCUT2D eigenvalue weighted by Gasteiger charge is -2.20. The Morgan fingerprint density at radius 2 is 2.41 bits per heavy atom. The Morgan fingerprint density at radius 3 is 3.00 bits per heavy atom. The van der Waals surface area contributed by atoms with Crippen LogP contribution < -0.4 is 5.32 Å². The summed E-state index contributed by atoms with van der Waals surface area (Å²) in [4.78, 5) is 24.1. The molecule has 0 spiro atoms. The third-order valence-corrected chi connectivity index (χ3v) is 3.40. The molecule has 1 saturated heterocycles. The van der Waals surface area contributed by atoms with E-state index in [1.165, 1.54) is 22.9 Å². The van der Waals surface area contributed by atoms with Crippen LogP contribution in [0.2, 0.25) is 0 Å². The van der Waals surface area contributed by atoms with Gasteiger partial charge in [0.25, 0.3) is 0 Å². The number of carbonyl (C=O) groups excluding carboxylic acids is 1. The van der Waals surface area contributed by atoms with E-state index < -0.39 is 18.0 Å². The number of carboxylic acid groups (broad SMARTS) is 1. The second-order valence-electron chi connectivity index (χ2n) is 3.66. The Labute approximate surface area is 102 Å². The molecular formula is C9H12N4O3S. The van der Waals surface area contributed by atoms with Crippen LogP contribution in [0.3, 0.4) is 0 Å². The SMILES string of the molecule is Cn1cc(NC(=O)N2CSCC2C(=O)O)cn1.